The lowest BCUT2D eigenvalue weighted by Gasteiger charge is -2.08. The first-order valence-electron chi connectivity index (χ1n) is 7.44. The summed E-state index contributed by atoms with van der Waals surface area (Å²) in [5.74, 6) is -0.191. The highest BCUT2D eigenvalue weighted by molar-refractivity contribution is 9.10. The molecule has 0 spiro atoms. The minimum atomic E-state index is -0.320. The number of nitrogens with zero attached hydrogens (tertiary/aromatic N) is 1. The molecule has 0 aliphatic rings. The van der Waals surface area contributed by atoms with Crippen molar-refractivity contribution in [3.8, 4) is 5.75 Å². The Labute approximate surface area is 159 Å². The van der Waals surface area contributed by atoms with Gasteiger partial charge in [0.25, 0.3) is 5.91 Å². The Kier molecular flexibility index (Phi) is 7.03. The van der Waals surface area contributed by atoms with Gasteiger partial charge in [-0.25, -0.2) is 5.43 Å². The van der Waals surface area contributed by atoms with E-state index in [2.05, 4.69) is 38.4 Å². The maximum absolute atomic E-state index is 11.8. The van der Waals surface area contributed by atoms with Crippen LogP contribution in [0.3, 0.4) is 0 Å². The van der Waals surface area contributed by atoms with Crippen LogP contribution >= 0.6 is 27.5 Å². The van der Waals surface area contributed by atoms with Gasteiger partial charge >= 0.3 is 0 Å². The molecular formula is C18H17BrClN3O2. The number of hydrazone groups is 1. The number of para-hydroxylation sites is 1. The monoisotopic (exact) mass is 421 g/mol. The van der Waals surface area contributed by atoms with Crippen molar-refractivity contribution >= 4 is 45.3 Å². The molecule has 1 amide bonds. The molecular weight excluding hydrogens is 406 g/mol. The van der Waals surface area contributed by atoms with E-state index in [9.17, 15) is 9.90 Å². The standard InChI is InChI=1S/C18H17BrClN3O2/c1-2-4-12-5-3-6-13(18(12)25)10-22-23-17(24)11-21-16-8-7-14(20)9-15(16)19/h2-3,5-10,21,25H,1,4,11H2,(H,23,24)/b22-10-. The van der Waals surface area contributed by atoms with Gasteiger partial charge in [-0.1, -0.05) is 29.8 Å². The zero-order valence-electron chi connectivity index (χ0n) is 13.3. The van der Waals surface area contributed by atoms with Gasteiger partial charge < -0.3 is 10.4 Å². The van der Waals surface area contributed by atoms with Gasteiger partial charge in [0, 0.05) is 20.7 Å². The number of halogens is 2. The summed E-state index contributed by atoms with van der Waals surface area (Å²) >= 11 is 9.23. The molecule has 0 aliphatic carbocycles. The van der Waals surface area contributed by atoms with Gasteiger partial charge in [0.2, 0.25) is 0 Å². The van der Waals surface area contributed by atoms with Crippen LogP contribution in [0.1, 0.15) is 11.1 Å². The van der Waals surface area contributed by atoms with Crippen LogP contribution in [0.5, 0.6) is 5.75 Å². The molecule has 0 saturated carbocycles. The smallest absolute Gasteiger partial charge is 0.259 e. The van der Waals surface area contributed by atoms with Gasteiger partial charge in [-0.3, -0.25) is 4.79 Å². The molecule has 0 aromatic heterocycles. The highest BCUT2D eigenvalue weighted by Crippen LogP contribution is 2.25. The number of amides is 1. The van der Waals surface area contributed by atoms with Crippen LogP contribution in [0.4, 0.5) is 5.69 Å². The fourth-order valence-electron chi connectivity index (χ4n) is 2.06. The predicted molar refractivity (Wildman–Crippen MR) is 105 cm³/mol. The molecule has 0 atom stereocenters. The van der Waals surface area contributed by atoms with E-state index in [-0.39, 0.29) is 18.2 Å². The molecule has 0 fully saturated rings. The number of nitrogens with one attached hydrogen (secondary N) is 2. The zero-order chi connectivity index (χ0) is 18.2. The number of benzene rings is 2. The van der Waals surface area contributed by atoms with Crippen molar-refractivity contribution in [1.82, 2.24) is 5.43 Å². The fraction of sp³-hybridized carbons (Fsp3) is 0.111. The lowest BCUT2D eigenvalue weighted by molar-refractivity contribution is -0.119. The summed E-state index contributed by atoms with van der Waals surface area (Å²) in [6, 6.07) is 10.6. The van der Waals surface area contributed by atoms with Crippen molar-refractivity contribution in [3.63, 3.8) is 0 Å². The van der Waals surface area contributed by atoms with E-state index < -0.39 is 0 Å². The van der Waals surface area contributed by atoms with Gasteiger partial charge in [-0.05, 0) is 52.2 Å². The number of hydrogen-bond donors (Lipinski definition) is 3. The van der Waals surface area contributed by atoms with E-state index in [0.717, 1.165) is 15.7 Å². The molecule has 0 bridgehead atoms. The summed E-state index contributed by atoms with van der Waals surface area (Å²) in [5.41, 5.74) is 4.43. The Balaban J connectivity index is 1.90. The first-order chi connectivity index (χ1) is 12.0. The predicted octanol–water partition coefficient (Wildman–Crippen LogP) is 4.10. The van der Waals surface area contributed by atoms with Crippen LogP contribution < -0.4 is 10.7 Å². The number of carbonyl (C=O) groups is 1. The Morgan fingerprint density at radius 2 is 2.16 bits per heavy atom. The molecule has 3 N–H and O–H groups in total. The molecule has 2 rings (SSSR count). The van der Waals surface area contributed by atoms with Crippen molar-refractivity contribution in [1.29, 1.82) is 0 Å². The quantitative estimate of drug-likeness (QED) is 0.357. The van der Waals surface area contributed by atoms with Crippen molar-refractivity contribution in [2.24, 2.45) is 5.10 Å². The number of rotatable bonds is 7. The minimum Gasteiger partial charge on any atom is -0.507 e. The zero-order valence-corrected chi connectivity index (χ0v) is 15.6. The molecule has 5 nitrogen and oxygen atoms in total. The third-order valence-corrected chi connectivity index (χ3v) is 4.17. The van der Waals surface area contributed by atoms with Gasteiger partial charge in [0.1, 0.15) is 5.75 Å². The number of phenols is 1. The molecule has 2 aromatic carbocycles. The second-order valence-electron chi connectivity index (χ2n) is 5.12. The SMILES string of the molecule is C=CCc1cccc(/C=N\NC(=O)CNc2ccc(Cl)cc2Br)c1O. The normalized spacial score (nSPS) is 10.6. The first kappa shape index (κ1) is 19.0. The second-order valence-corrected chi connectivity index (χ2v) is 6.41. The largest absolute Gasteiger partial charge is 0.507 e. The summed E-state index contributed by atoms with van der Waals surface area (Å²) in [6.45, 7) is 3.69. The summed E-state index contributed by atoms with van der Waals surface area (Å²) in [7, 11) is 0. The lowest BCUT2D eigenvalue weighted by Crippen LogP contribution is -2.26. The van der Waals surface area contributed by atoms with Crippen LogP contribution in [0.2, 0.25) is 5.02 Å². The lowest BCUT2D eigenvalue weighted by atomic mass is 10.1. The van der Waals surface area contributed by atoms with E-state index in [1.54, 1.807) is 42.5 Å². The highest BCUT2D eigenvalue weighted by atomic mass is 79.9. The number of hydrogen-bond acceptors (Lipinski definition) is 4. The van der Waals surface area contributed by atoms with Crippen LogP contribution in [0.15, 0.2) is 58.6 Å². The van der Waals surface area contributed by atoms with E-state index in [1.807, 2.05) is 0 Å². The van der Waals surface area contributed by atoms with Gasteiger partial charge in [-0.15, -0.1) is 6.58 Å². The van der Waals surface area contributed by atoms with Crippen molar-refractivity contribution in [2.75, 3.05) is 11.9 Å². The first-order valence-corrected chi connectivity index (χ1v) is 8.61. The van der Waals surface area contributed by atoms with E-state index in [4.69, 9.17) is 11.6 Å². The third-order valence-electron chi connectivity index (χ3n) is 3.28. The number of aromatic hydroxyl groups is 1. The maximum Gasteiger partial charge on any atom is 0.259 e. The third kappa shape index (κ3) is 5.62. The Bertz CT molecular complexity index is 809. The van der Waals surface area contributed by atoms with Crippen molar-refractivity contribution < 1.29 is 9.90 Å². The van der Waals surface area contributed by atoms with Crippen LogP contribution in [-0.4, -0.2) is 23.8 Å². The summed E-state index contributed by atoms with van der Waals surface area (Å²) in [5, 5.41) is 17.6. The molecule has 0 aliphatic heterocycles. The van der Waals surface area contributed by atoms with Gasteiger partial charge in [-0.2, -0.15) is 5.10 Å². The Morgan fingerprint density at radius 3 is 2.88 bits per heavy atom. The summed E-state index contributed by atoms with van der Waals surface area (Å²) < 4.78 is 0.764. The minimum absolute atomic E-state index is 0.0417. The Morgan fingerprint density at radius 1 is 1.36 bits per heavy atom. The molecule has 0 saturated heterocycles. The van der Waals surface area contributed by atoms with Crippen molar-refractivity contribution in [2.45, 2.75) is 6.42 Å². The molecule has 2 aromatic rings. The van der Waals surface area contributed by atoms with Gasteiger partial charge in [0.05, 0.1) is 12.8 Å². The molecule has 0 radical (unpaired) electrons. The molecule has 25 heavy (non-hydrogen) atoms. The summed E-state index contributed by atoms with van der Waals surface area (Å²) in [6.07, 6.45) is 3.66. The van der Waals surface area contributed by atoms with Crippen LogP contribution in [0.25, 0.3) is 0 Å². The van der Waals surface area contributed by atoms with Gasteiger partial charge in [0.15, 0.2) is 0 Å². The maximum atomic E-state index is 11.8. The van der Waals surface area contributed by atoms with Crippen LogP contribution in [0, 0.1) is 0 Å². The highest BCUT2D eigenvalue weighted by Gasteiger charge is 2.05. The second kappa shape index (κ2) is 9.25. The molecule has 0 unspecified atom stereocenters. The average molecular weight is 423 g/mol. The average Bonchev–Trinajstić information content (AvgIpc) is 2.57. The number of phenolic OH excluding ortho intramolecular Hbond substituents is 1. The topological polar surface area (TPSA) is 73.7 Å². The molecule has 7 heteroatoms. The number of anilines is 1. The van der Waals surface area contributed by atoms with Crippen LogP contribution in [-0.2, 0) is 11.2 Å². The molecule has 130 valence electrons. The van der Waals surface area contributed by atoms with E-state index in [1.165, 1.54) is 6.21 Å². The molecule has 0 heterocycles. The number of allylic oxidation sites excluding steroid dienone is 1. The number of carbonyl (C=O) groups excluding carboxylic acids is 1. The summed E-state index contributed by atoms with van der Waals surface area (Å²) in [4.78, 5) is 11.8. The van der Waals surface area contributed by atoms with E-state index >= 15 is 0 Å². The Hall–Kier alpha value is -2.31. The fourth-order valence-corrected chi connectivity index (χ4v) is 2.88. The van der Waals surface area contributed by atoms with E-state index in [0.29, 0.717) is 17.0 Å². The van der Waals surface area contributed by atoms with Crippen molar-refractivity contribution in [3.05, 3.63) is 69.7 Å².